The maximum Gasteiger partial charge on any atom is 0.416 e. The average molecular weight is 574 g/mol. The number of ether oxygens (including phenoxy) is 1. The highest BCUT2D eigenvalue weighted by Gasteiger charge is 2.35. The summed E-state index contributed by atoms with van der Waals surface area (Å²) in [6, 6.07) is 11.3. The van der Waals surface area contributed by atoms with Crippen molar-refractivity contribution in [3.8, 4) is 11.6 Å². The van der Waals surface area contributed by atoms with Crippen molar-refractivity contribution in [1.82, 2.24) is 19.8 Å². The standard InChI is InChI=1S/C29H31ClF3N5O2/c1-2-37-9-11-38(12-10-37)17-21-5-7-23(15-25(21)29(31,32)33)36-28(39)20-4-3-19-6-8-24(14-22(19)13-20)40-27-16-26(30)34-18-35-27/h5-8,14-16,18,20H,2-4,9-13,17H2,1H3,(H,36,39). The zero-order valence-electron chi connectivity index (χ0n) is 22.2. The van der Waals surface area contributed by atoms with Gasteiger partial charge in [-0.15, -0.1) is 0 Å². The van der Waals surface area contributed by atoms with Gasteiger partial charge in [-0.3, -0.25) is 9.69 Å². The molecule has 2 aliphatic rings. The number of nitrogens with zero attached hydrogens (tertiary/aromatic N) is 4. The Balaban J connectivity index is 1.25. The van der Waals surface area contributed by atoms with Crippen LogP contribution in [0.3, 0.4) is 0 Å². The molecular weight excluding hydrogens is 543 g/mol. The fraction of sp³-hybridized carbons (Fsp3) is 0.414. The highest BCUT2D eigenvalue weighted by Crippen LogP contribution is 2.36. The number of piperazine rings is 1. The van der Waals surface area contributed by atoms with Gasteiger partial charge in [-0.05, 0) is 66.8 Å². The molecule has 212 valence electrons. The molecule has 1 N–H and O–H groups in total. The number of nitrogens with one attached hydrogen (secondary N) is 1. The van der Waals surface area contributed by atoms with Gasteiger partial charge in [0, 0.05) is 50.4 Å². The van der Waals surface area contributed by atoms with Crippen LogP contribution in [0.1, 0.15) is 35.6 Å². The molecule has 11 heteroatoms. The minimum absolute atomic E-state index is 0.153. The molecule has 1 amide bonds. The van der Waals surface area contributed by atoms with Crippen LogP contribution in [-0.4, -0.2) is 58.4 Å². The first-order valence-electron chi connectivity index (χ1n) is 13.4. The second-order valence-corrected chi connectivity index (χ2v) is 10.6. The molecule has 1 aliphatic carbocycles. The Morgan fingerprint density at radius 1 is 1.05 bits per heavy atom. The van der Waals surface area contributed by atoms with Crippen LogP contribution in [-0.2, 0) is 30.4 Å². The van der Waals surface area contributed by atoms with E-state index in [9.17, 15) is 18.0 Å². The van der Waals surface area contributed by atoms with Crippen molar-refractivity contribution < 1.29 is 22.7 Å². The first-order chi connectivity index (χ1) is 19.2. The van der Waals surface area contributed by atoms with Crippen LogP contribution in [0.2, 0.25) is 5.15 Å². The first-order valence-corrected chi connectivity index (χ1v) is 13.8. The normalized spacial score (nSPS) is 18.3. The zero-order valence-corrected chi connectivity index (χ0v) is 22.9. The molecule has 7 nitrogen and oxygen atoms in total. The van der Waals surface area contributed by atoms with Crippen LogP contribution < -0.4 is 10.1 Å². The number of fused-ring (bicyclic) bond motifs is 1. The summed E-state index contributed by atoms with van der Waals surface area (Å²) in [5.41, 5.74) is 1.74. The lowest BCUT2D eigenvalue weighted by Crippen LogP contribution is -2.45. The smallest absolute Gasteiger partial charge is 0.416 e. The molecule has 2 heterocycles. The highest BCUT2D eigenvalue weighted by molar-refractivity contribution is 6.29. The van der Waals surface area contributed by atoms with Gasteiger partial charge in [0.05, 0.1) is 5.56 Å². The molecule has 1 aliphatic heterocycles. The summed E-state index contributed by atoms with van der Waals surface area (Å²) in [7, 11) is 0. The fourth-order valence-corrected chi connectivity index (χ4v) is 5.46. The van der Waals surface area contributed by atoms with E-state index in [1.165, 1.54) is 18.5 Å². The minimum Gasteiger partial charge on any atom is -0.439 e. The third-order valence-electron chi connectivity index (χ3n) is 7.60. The van der Waals surface area contributed by atoms with Crippen LogP contribution >= 0.6 is 11.6 Å². The molecule has 1 aromatic heterocycles. The third-order valence-corrected chi connectivity index (χ3v) is 7.80. The Hall–Kier alpha value is -3.21. The molecular formula is C29H31ClF3N5O2. The fourth-order valence-electron chi connectivity index (χ4n) is 5.32. The van der Waals surface area contributed by atoms with Crippen molar-refractivity contribution in [2.75, 3.05) is 38.0 Å². The SMILES string of the molecule is CCN1CCN(Cc2ccc(NC(=O)C3CCc4ccc(Oc5cc(Cl)ncn5)cc4C3)cc2C(F)(F)F)CC1. The van der Waals surface area contributed by atoms with E-state index >= 15 is 0 Å². The molecule has 1 saturated heterocycles. The number of halogens is 4. The predicted octanol–water partition coefficient (Wildman–Crippen LogP) is 5.82. The van der Waals surface area contributed by atoms with Gasteiger partial charge >= 0.3 is 6.18 Å². The van der Waals surface area contributed by atoms with Gasteiger partial charge in [-0.2, -0.15) is 13.2 Å². The van der Waals surface area contributed by atoms with E-state index in [1.807, 2.05) is 23.1 Å². The Morgan fingerprint density at radius 3 is 2.55 bits per heavy atom. The van der Waals surface area contributed by atoms with Crippen molar-refractivity contribution in [2.45, 2.75) is 38.9 Å². The lowest BCUT2D eigenvalue weighted by molar-refractivity contribution is -0.138. The zero-order chi connectivity index (χ0) is 28.3. The van der Waals surface area contributed by atoms with Gasteiger partial charge in [0.2, 0.25) is 11.8 Å². The molecule has 2 aromatic carbocycles. The molecule has 5 rings (SSSR count). The predicted molar refractivity (Wildman–Crippen MR) is 147 cm³/mol. The summed E-state index contributed by atoms with van der Waals surface area (Å²) >= 11 is 5.90. The van der Waals surface area contributed by atoms with E-state index in [0.29, 0.717) is 30.9 Å². The maximum atomic E-state index is 14.0. The summed E-state index contributed by atoms with van der Waals surface area (Å²) in [5, 5.41) is 3.00. The first kappa shape index (κ1) is 28.3. The number of rotatable bonds is 7. The number of benzene rings is 2. The Labute approximate surface area is 236 Å². The summed E-state index contributed by atoms with van der Waals surface area (Å²) in [4.78, 5) is 25.3. The van der Waals surface area contributed by atoms with Crippen molar-refractivity contribution in [1.29, 1.82) is 0 Å². The topological polar surface area (TPSA) is 70.6 Å². The van der Waals surface area contributed by atoms with Gasteiger partial charge < -0.3 is 15.0 Å². The molecule has 0 spiro atoms. The number of carbonyl (C=O) groups is 1. The number of alkyl halides is 3. The van der Waals surface area contributed by atoms with Crippen LogP contribution in [0, 0.1) is 5.92 Å². The monoisotopic (exact) mass is 573 g/mol. The summed E-state index contributed by atoms with van der Waals surface area (Å²) in [6.07, 6.45) is -1.47. The Kier molecular flexibility index (Phi) is 8.58. The lowest BCUT2D eigenvalue weighted by Gasteiger charge is -2.34. The minimum atomic E-state index is -4.52. The Bertz CT molecular complexity index is 1360. The van der Waals surface area contributed by atoms with Gasteiger partial charge in [0.15, 0.2) is 0 Å². The number of likely N-dealkylation sites (N-methyl/N-ethyl adjacent to an activating group) is 1. The van der Waals surface area contributed by atoms with Gasteiger partial charge in [0.25, 0.3) is 0 Å². The van der Waals surface area contributed by atoms with Gasteiger partial charge in [-0.1, -0.05) is 30.7 Å². The highest BCUT2D eigenvalue weighted by atomic mass is 35.5. The van der Waals surface area contributed by atoms with Crippen molar-refractivity contribution >= 4 is 23.2 Å². The molecule has 40 heavy (non-hydrogen) atoms. The molecule has 1 atom stereocenters. The van der Waals surface area contributed by atoms with Crippen molar-refractivity contribution in [2.24, 2.45) is 5.92 Å². The third kappa shape index (κ3) is 6.92. The number of hydrogen-bond acceptors (Lipinski definition) is 6. The quantitative estimate of drug-likeness (QED) is 0.359. The van der Waals surface area contributed by atoms with Crippen molar-refractivity contribution in [3.63, 3.8) is 0 Å². The molecule has 3 aromatic rings. The number of anilines is 1. The number of carbonyl (C=O) groups excluding carboxylic acids is 1. The summed E-state index contributed by atoms with van der Waals surface area (Å²) < 4.78 is 47.8. The number of aromatic nitrogens is 2. The van der Waals surface area contributed by atoms with E-state index in [4.69, 9.17) is 16.3 Å². The van der Waals surface area contributed by atoms with E-state index in [-0.39, 0.29) is 34.8 Å². The van der Waals surface area contributed by atoms with Gasteiger partial charge in [-0.25, -0.2) is 9.97 Å². The summed E-state index contributed by atoms with van der Waals surface area (Å²) in [5.74, 6) is 0.185. The van der Waals surface area contributed by atoms with Gasteiger partial charge in [0.1, 0.15) is 17.2 Å². The molecule has 0 bridgehead atoms. The number of aryl methyl sites for hydroxylation is 1. The number of amides is 1. The van der Waals surface area contributed by atoms with E-state index in [1.54, 1.807) is 6.07 Å². The molecule has 1 fully saturated rings. The van der Waals surface area contributed by atoms with Crippen LogP contribution in [0.4, 0.5) is 18.9 Å². The molecule has 1 unspecified atom stereocenters. The number of hydrogen-bond donors (Lipinski definition) is 1. The van der Waals surface area contributed by atoms with Crippen LogP contribution in [0.5, 0.6) is 11.6 Å². The molecule has 0 saturated carbocycles. The van der Waals surface area contributed by atoms with Crippen LogP contribution in [0.15, 0.2) is 48.8 Å². The van der Waals surface area contributed by atoms with Crippen molar-refractivity contribution in [3.05, 3.63) is 76.2 Å². The lowest BCUT2D eigenvalue weighted by atomic mass is 9.83. The van der Waals surface area contributed by atoms with E-state index in [2.05, 4.69) is 27.1 Å². The summed E-state index contributed by atoms with van der Waals surface area (Å²) in [6.45, 7) is 6.40. The largest absolute Gasteiger partial charge is 0.439 e. The second-order valence-electron chi connectivity index (χ2n) is 10.2. The second kappa shape index (κ2) is 12.1. The average Bonchev–Trinajstić information content (AvgIpc) is 2.93. The Morgan fingerprint density at radius 2 is 1.82 bits per heavy atom. The van der Waals surface area contributed by atoms with Crippen LogP contribution in [0.25, 0.3) is 0 Å². The van der Waals surface area contributed by atoms with E-state index in [0.717, 1.165) is 49.9 Å². The maximum absolute atomic E-state index is 14.0. The van der Waals surface area contributed by atoms with E-state index < -0.39 is 11.7 Å². The molecule has 0 radical (unpaired) electrons.